The van der Waals surface area contributed by atoms with Crippen molar-refractivity contribution in [1.82, 2.24) is 4.90 Å². The van der Waals surface area contributed by atoms with Crippen molar-refractivity contribution in [2.24, 2.45) is 0 Å². The lowest BCUT2D eigenvalue weighted by Gasteiger charge is -2.31. The van der Waals surface area contributed by atoms with Crippen LogP contribution in [-0.2, 0) is 4.79 Å². The van der Waals surface area contributed by atoms with Crippen molar-refractivity contribution in [3.63, 3.8) is 0 Å². The van der Waals surface area contributed by atoms with Gasteiger partial charge in [-0.2, -0.15) is 0 Å². The van der Waals surface area contributed by atoms with Crippen LogP contribution in [0.25, 0.3) is 0 Å². The molecular formula is C14H19N3O2. The fourth-order valence-electron chi connectivity index (χ4n) is 2.71. The van der Waals surface area contributed by atoms with Gasteiger partial charge in [0.1, 0.15) is 5.75 Å². The van der Waals surface area contributed by atoms with Crippen molar-refractivity contribution >= 4 is 17.3 Å². The molecule has 0 spiro atoms. The second-order valence-corrected chi connectivity index (χ2v) is 5.11. The molecule has 2 aliphatic rings. The molecule has 2 N–H and O–H groups in total. The summed E-state index contributed by atoms with van der Waals surface area (Å²) in [6, 6.07) is 5.45. The molecule has 5 heteroatoms. The second kappa shape index (κ2) is 5.09. The number of nitrogens with two attached hydrogens (primary N) is 1. The van der Waals surface area contributed by atoms with E-state index in [9.17, 15) is 4.79 Å². The van der Waals surface area contributed by atoms with E-state index >= 15 is 0 Å². The molecule has 102 valence electrons. The van der Waals surface area contributed by atoms with Gasteiger partial charge in [-0.15, -0.1) is 0 Å². The number of likely N-dealkylation sites (tertiary alicyclic amines) is 1. The Balaban J connectivity index is 1.76. The molecule has 1 saturated heterocycles. The first kappa shape index (κ1) is 12.3. The number of anilines is 2. The van der Waals surface area contributed by atoms with Crippen LogP contribution in [0.1, 0.15) is 12.8 Å². The molecule has 3 rings (SSSR count). The van der Waals surface area contributed by atoms with Crippen LogP contribution in [0.15, 0.2) is 18.2 Å². The van der Waals surface area contributed by atoms with E-state index in [0.717, 1.165) is 31.1 Å². The summed E-state index contributed by atoms with van der Waals surface area (Å²) in [5.74, 6) is 0.757. The normalized spacial score (nSPS) is 19.4. The van der Waals surface area contributed by atoms with Crippen LogP contribution in [0.5, 0.6) is 5.75 Å². The number of carbonyl (C=O) groups excluding carboxylic acids is 1. The van der Waals surface area contributed by atoms with Gasteiger partial charge in [0.25, 0.3) is 5.91 Å². The number of rotatable bonds is 3. The van der Waals surface area contributed by atoms with Gasteiger partial charge in [0, 0.05) is 18.8 Å². The number of carbonyl (C=O) groups is 1. The van der Waals surface area contributed by atoms with Gasteiger partial charge in [-0.25, -0.2) is 0 Å². The van der Waals surface area contributed by atoms with Crippen molar-refractivity contribution in [2.75, 3.05) is 43.4 Å². The molecule has 0 aliphatic carbocycles. The third kappa shape index (κ3) is 2.51. The summed E-state index contributed by atoms with van der Waals surface area (Å²) >= 11 is 0. The van der Waals surface area contributed by atoms with Crippen LogP contribution < -0.4 is 15.4 Å². The molecule has 1 amide bonds. The summed E-state index contributed by atoms with van der Waals surface area (Å²) in [6.45, 7) is 4.03. The Morgan fingerprint density at radius 2 is 2.00 bits per heavy atom. The molecule has 19 heavy (non-hydrogen) atoms. The van der Waals surface area contributed by atoms with Crippen LogP contribution in [0, 0.1) is 0 Å². The number of ether oxygens (including phenoxy) is 1. The van der Waals surface area contributed by atoms with E-state index in [1.165, 1.54) is 12.8 Å². The lowest BCUT2D eigenvalue weighted by atomic mass is 10.2. The monoisotopic (exact) mass is 261 g/mol. The SMILES string of the molecule is Nc1ccc2c(c1)N(CCN1CCCC1)C(=O)CO2. The standard InChI is InChI=1S/C14H19N3O2/c15-11-3-4-13-12(9-11)17(14(18)10-19-13)8-7-16-5-1-2-6-16/h3-4,9H,1-2,5-8,10,15H2. The predicted octanol–water partition coefficient (Wildman–Crippen LogP) is 1.09. The first-order chi connectivity index (χ1) is 9.24. The zero-order valence-electron chi connectivity index (χ0n) is 11.0. The van der Waals surface area contributed by atoms with E-state index < -0.39 is 0 Å². The van der Waals surface area contributed by atoms with E-state index in [0.29, 0.717) is 12.2 Å². The second-order valence-electron chi connectivity index (χ2n) is 5.11. The van der Waals surface area contributed by atoms with Gasteiger partial charge >= 0.3 is 0 Å². The van der Waals surface area contributed by atoms with Gasteiger partial charge in [0.2, 0.25) is 0 Å². The van der Waals surface area contributed by atoms with Crippen LogP contribution in [0.3, 0.4) is 0 Å². The van der Waals surface area contributed by atoms with Gasteiger partial charge in [0.15, 0.2) is 6.61 Å². The smallest absolute Gasteiger partial charge is 0.265 e. The van der Waals surface area contributed by atoms with Crippen LogP contribution in [0.2, 0.25) is 0 Å². The topological polar surface area (TPSA) is 58.8 Å². The number of hydrogen-bond donors (Lipinski definition) is 1. The van der Waals surface area contributed by atoms with Crippen LogP contribution in [-0.4, -0.2) is 43.6 Å². The molecule has 0 bridgehead atoms. The fraction of sp³-hybridized carbons (Fsp3) is 0.500. The average Bonchev–Trinajstić information content (AvgIpc) is 2.91. The van der Waals surface area contributed by atoms with E-state index in [1.807, 2.05) is 12.1 Å². The van der Waals surface area contributed by atoms with Gasteiger partial charge < -0.3 is 20.3 Å². The Morgan fingerprint density at radius 1 is 1.21 bits per heavy atom. The maximum Gasteiger partial charge on any atom is 0.265 e. The number of benzene rings is 1. The Morgan fingerprint density at radius 3 is 2.79 bits per heavy atom. The highest BCUT2D eigenvalue weighted by Gasteiger charge is 2.26. The minimum Gasteiger partial charge on any atom is -0.482 e. The summed E-state index contributed by atoms with van der Waals surface area (Å²) in [6.07, 6.45) is 2.53. The van der Waals surface area contributed by atoms with Crippen molar-refractivity contribution in [1.29, 1.82) is 0 Å². The summed E-state index contributed by atoms with van der Waals surface area (Å²) in [7, 11) is 0. The molecule has 1 aromatic carbocycles. The Bertz CT molecular complexity index is 484. The first-order valence-corrected chi connectivity index (χ1v) is 6.79. The maximum atomic E-state index is 12.0. The molecule has 2 aliphatic heterocycles. The average molecular weight is 261 g/mol. The lowest BCUT2D eigenvalue weighted by Crippen LogP contribution is -2.43. The fourth-order valence-corrected chi connectivity index (χ4v) is 2.71. The number of hydrogen-bond acceptors (Lipinski definition) is 4. The molecule has 1 fully saturated rings. The van der Waals surface area contributed by atoms with Crippen LogP contribution in [0.4, 0.5) is 11.4 Å². The molecule has 0 atom stereocenters. The molecule has 0 aromatic heterocycles. The van der Waals surface area contributed by atoms with E-state index in [2.05, 4.69) is 4.90 Å². The van der Waals surface area contributed by atoms with Gasteiger partial charge in [0.05, 0.1) is 5.69 Å². The number of nitrogen functional groups attached to an aromatic ring is 1. The zero-order valence-corrected chi connectivity index (χ0v) is 11.0. The molecule has 5 nitrogen and oxygen atoms in total. The largest absolute Gasteiger partial charge is 0.482 e. The molecule has 2 heterocycles. The zero-order chi connectivity index (χ0) is 13.2. The van der Waals surface area contributed by atoms with Crippen molar-refractivity contribution in [3.05, 3.63) is 18.2 Å². The lowest BCUT2D eigenvalue weighted by molar-refractivity contribution is -0.121. The summed E-state index contributed by atoms with van der Waals surface area (Å²) in [5.41, 5.74) is 7.26. The van der Waals surface area contributed by atoms with Crippen molar-refractivity contribution in [2.45, 2.75) is 12.8 Å². The highest BCUT2D eigenvalue weighted by Crippen LogP contribution is 2.33. The predicted molar refractivity (Wildman–Crippen MR) is 74.4 cm³/mol. The highest BCUT2D eigenvalue weighted by atomic mass is 16.5. The number of fused-ring (bicyclic) bond motifs is 1. The van der Waals surface area contributed by atoms with Crippen molar-refractivity contribution < 1.29 is 9.53 Å². The summed E-state index contributed by atoms with van der Waals surface area (Å²) in [4.78, 5) is 16.2. The van der Waals surface area contributed by atoms with Crippen LogP contribution >= 0.6 is 0 Å². The third-order valence-corrected chi connectivity index (χ3v) is 3.76. The van der Waals surface area contributed by atoms with E-state index in [4.69, 9.17) is 10.5 Å². The molecular weight excluding hydrogens is 242 g/mol. The molecule has 0 radical (unpaired) electrons. The Hall–Kier alpha value is -1.75. The molecule has 0 unspecified atom stereocenters. The Kier molecular flexibility index (Phi) is 3.29. The summed E-state index contributed by atoms with van der Waals surface area (Å²) < 4.78 is 5.43. The first-order valence-electron chi connectivity index (χ1n) is 6.79. The van der Waals surface area contributed by atoms with Gasteiger partial charge in [-0.3, -0.25) is 4.79 Å². The van der Waals surface area contributed by atoms with Crippen molar-refractivity contribution in [3.8, 4) is 5.75 Å². The maximum absolute atomic E-state index is 12.0. The van der Waals surface area contributed by atoms with E-state index in [1.54, 1.807) is 11.0 Å². The minimum atomic E-state index is 0.0114. The Labute approximate surface area is 112 Å². The number of amides is 1. The molecule has 0 saturated carbocycles. The minimum absolute atomic E-state index is 0.0114. The molecule has 1 aromatic rings. The summed E-state index contributed by atoms with van der Waals surface area (Å²) in [5, 5.41) is 0. The highest BCUT2D eigenvalue weighted by molar-refractivity contribution is 5.98. The quantitative estimate of drug-likeness (QED) is 0.827. The van der Waals surface area contributed by atoms with Gasteiger partial charge in [-0.05, 0) is 44.1 Å². The number of nitrogens with zero attached hydrogens (tertiary/aromatic N) is 2. The third-order valence-electron chi connectivity index (χ3n) is 3.76. The van der Waals surface area contributed by atoms with Gasteiger partial charge in [-0.1, -0.05) is 0 Å². The van der Waals surface area contributed by atoms with E-state index in [-0.39, 0.29) is 12.5 Å².